The predicted molar refractivity (Wildman–Crippen MR) is 185 cm³/mol. The molecule has 0 bridgehead atoms. The molecular formula is C38H35FN6O8. The van der Waals surface area contributed by atoms with Gasteiger partial charge in [0.2, 0.25) is 23.6 Å². The number of piperidine rings is 1. The molecule has 1 atom stereocenters. The summed E-state index contributed by atoms with van der Waals surface area (Å²) >= 11 is 0. The summed E-state index contributed by atoms with van der Waals surface area (Å²) in [7, 11) is 1.50. The molecule has 8 rings (SSSR count). The minimum atomic E-state index is -0.715. The van der Waals surface area contributed by atoms with E-state index in [1.54, 1.807) is 52.3 Å². The quantitative estimate of drug-likeness (QED) is 0.190. The second-order valence-corrected chi connectivity index (χ2v) is 13.9. The van der Waals surface area contributed by atoms with Crippen LogP contribution in [0.2, 0.25) is 0 Å². The maximum Gasteiger partial charge on any atom is 0.255 e. The predicted octanol–water partition coefficient (Wildman–Crippen LogP) is 3.47. The standard InChI is InChI=1S/C38H35FN6O8/c1-51-30-14-25-27(40-21-41-35(25)53-29-6-3-2-5-26(29)39)15-31(30)52-12-4-7-33(47)43-17-38(18-43)19-44(20-38)36(49)22-8-9-24-23(13-22)16-45(37(24)50)28-10-11-32(46)42-34(28)48/h2-3,5-6,8-9,13-15,21,28H,4,7,10-12,16-20H2,1H3,(H,42,46,48). The van der Waals surface area contributed by atoms with Crippen LogP contribution in [0.4, 0.5) is 4.39 Å². The number of hydrogen-bond acceptors (Lipinski definition) is 10. The number of halogens is 1. The molecule has 272 valence electrons. The number of carbonyl (C=O) groups excluding carboxylic acids is 5. The lowest BCUT2D eigenvalue weighted by Gasteiger charge is -2.60. The molecule has 3 fully saturated rings. The number of carbonyl (C=O) groups is 5. The molecule has 0 radical (unpaired) electrons. The monoisotopic (exact) mass is 722 g/mol. The molecule has 4 aromatic rings. The van der Waals surface area contributed by atoms with Gasteiger partial charge in [-0.05, 0) is 54.8 Å². The summed E-state index contributed by atoms with van der Waals surface area (Å²) in [6.07, 6.45) is 2.53. The van der Waals surface area contributed by atoms with Gasteiger partial charge in [0.05, 0.1) is 24.6 Å². The fourth-order valence-corrected chi connectivity index (χ4v) is 7.53. The van der Waals surface area contributed by atoms with E-state index in [-0.39, 0.29) is 66.7 Å². The summed E-state index contributed by atoms with van der Waals surface area (Å²) in [6.45, 7) is 2.69. The number of amides is 5. The molecule has 1 unspecified atom stereocenters. The van der Waals surface area contributed by atoms with Gasteiger partial charge in [-0.25, -0.2) is 14.4 Å². The van der Waals surface area contributed by atoms with E-state index in [1.807, 2.05) is 0 Å². The van der Waals surface area contributed by atoms with Crippen LogP contribution in [-0.4, -0.2) is 100 Å². The van der Waals surface area contributed by atoms with Gasteiger partial charge in [-0.3, -0.25) is 29.3 Å². The Morgan fingerprint density at radius 3 is 2.53 bits per heavy atom. The molecule has 53 heavy (non-hydrogen) atoms. The van der Waals surface area contributed by atoms with E-state index in [1.165, 1.54) is 30.5 Å². The third-order valence-corrected chi connectivity index (χ3v) is 10.2. The summed E-state index contributed by atoms with van der Waals surface area (Å²) in [4.78, 5) is 76.7. The fourth-order valence-electron chi connectivity index (χ4n) is 7.53. The number of nitrogens with one attached hydrogen (secondary N) is 1. The van der Waals surface area contributed by atoms with Crippen molar-refractivity contribution >= 4 is 40.4 Å². The summed E-state index contributed by atoms with van der Waals surface area (Å²) < 4.78 is 31.4. The minimum Gasteiger partial charge on any atom is -0.493 e. The summed E-state index contributed by atoms with van der Waals surface area (Å²) in [5, 5.41) is 2.81. The Balaban J connectivity index is 0.800. The van der Waals surface area contributed by atoms with Crippen LogP contribution in [0.1, 0.15) is 52.0 Å². The molecule has 0 aliphatic carbocycles. The first-order valence-corrected chi connectivity index (χ1v) is 17.3. The average Bonchev–Trinajstić information content (AvgIpc) is 3.44. The number of hydrogen-bond donors (Lipinski definition) is 1. The smallest absolute Gasteiger partial charge is 0.255 e. The van der Waals surface area contributed by atoms with Crippen molar-refractivity contribution in [3.8, 4) is 23.1 Å². The van der Waals surface area contributed by atoms with Crippen molar-refractivity contribution in [2.24, 2.45) is 5.41 Å². The van der Waals surface area contributed by atoms with Crippen LogP contribution in [0.3, 0.4) is 0 Å². The van der Waals surface area contributed by atoms with Gasteiger partial charge in [0, 0.05) is 68.2 Å². The lowest BCUT2D eigenvalue weighted by atomic mass is 9.72. The van der Waals surface area contributed by atoms with E-state index in [2.05, 4.69) is 15.3 Å². The average molecular weight is 723 g/mol. The Morgan fingerprint density at radius 1 is 0.962 bits per heavy atom. The summed E-state index contributed by atoms with van der Waals surface area (Å²) in [5.41, 5.74) is 2.00. The topological polar surface area (TPSA) is 161 Å². The van der Waals surface area contributed by atoms with E-state index in [4.69, 9.17) is 14.2 Å². The van der Waals surface area contributed by atoms with Gasteiger partial charge in [0.25, 0.3) is 11.8 Å². The maximum absolute atomic E-state index is 14.2. The van der Waals surface area contributed by atoms with Crippen LogP contribution in [0, 0.1) is 11.2 Å². The van der Waals surface area contributed by atoms with Crippen LogP contribution in [0.25, 0.3) is 10.9 Å². The van der Waals surface area contributed by atoms with Crippen LogP contribution in [0.5, 0.6) is 23.1 Å². The first-order chi connectivity index (χ1) is 25.6. The second-order valence-electron chi connectivity index (χ2n) is 13.9. The zero-order valence-corrected chi connectivity index (χ0v) is 28.8. The fraction of sp³-hybridized carbons (Fsp3) is 0.342. The number of benzene rings is 3. The highest BCUT2D eigenvalue weighted by molar-refractivity contribution is 6.06. The third kappa shape index (κ3) is 6.36. The molecule has 5 amide bonds. The molecule has 4 aliphatic rings. The lowest BCUT2D eigenvalue weighted by Crippen LogP contribution is -2.73. The Labute approximate surface area is 302 Å². The van der Waals surface area contributed by atoms with Crippen molar-refractivity contribution < 1.29 is 42.6 Å². The Bertz CT molecular complexity index is 2180. The molecule has 1 N–H and O–H groups in total. The van der Waals surface area contributed by atoms with Gasteiger partial charge in [0.15, 0.2) is 23.1 Å². The van der Waals surface area contributed by atoms with E-state index in [9.17, 15) is 28.4 Å². The molecule has 3 aromatic carbocycles. The van der Waals surface area contributed by atoms with Crippen molar-refractivity contribution in [3.63, 3.8) is 0 Å². The van der Waals surface area contributed by atoms with Crippen molar-refractivity contribution in [1.29, 1.82) is 0 Å². The Hall–Kier alpha value is -6.12. The number of imide groups is 1. The van der Waals surface area contributed by atoms with Crippen molar-refractivity contribution in [2.45, 2.75) is 38.3 Å². The van der Waals surface area contributed by atoms with Gasteiger partial charge < -0.3 is 28.9 Å². The van der Waals surface area contributed by atoms with Crippen LogP contribution in [0.15, 0.2) is 60.9 Å². The third-order valence-electron chi connectivity index (χ3n) is 10.2. The van der Waals surface area contributed by atoms with Gasteiger partial charge in [0.1, 0.15) is 12.4 Å². The van der Waals surface area contributed by atoms with Crippen LogP contribution in [-0.2, 0) is 20.9 Å². The first kappa shape index (κ1) is 34.0. The Morgan fingerprint density at radius 2 is 1.75 bits per heavy atom. The molecule has 3 saturated heterocycles. The molecule has 1 aromatic heterocycles. The Kier molecular flexibility index (Phi) is 8.63. The number of ether oxygens (including phenoxy) is 3. The molecule has 0 saturated carbocycles. The van der Waals surface area contributed by atoms with Gasteiger partial charge in [-0.15, -0.1) is 0 Å². The number of nitrogens with zero attached hydrogens (tertiary/aromatic N) is 5. The largest absolute Gasteiger partial charge is 0.493 e. The molecule has 14 nitrogen and oxygen atoms in total. The SMILES string of the molecule is COc1cc2c(Oc3ccccc3F)ncnc2cc1OCCCC(=O)N1CC2(C1)CN(C(=O)c1ccc3c(c1)CN(C1CCC(=O)NC1=O)C3=O)C2. The molecule has 5 heterocycles. The number of rotatable bonds is 10. The minimum absolute atomic E-state index is 0.0148. The highest BCUT2D eigenvalue weighted by atomic mass is 19.1. The number of para-hydroxylation sites is 1. The lowest BCUT2D eigenvalue weighted by molar-refractivity contribution is -0.154. The summed E-state index contributed by atoms with van der Waals surface area (Å²) in [5.74, 6) is -0.703. The van der Waals surface area contributed by atoms with Gasteiger partial charge >= 0.3 is 0 Å². The number of aromatic nitrogens is 2. The molecule has 4 aliphatic heterocycles. The first-order valence-electron chi connectivity index (χ1n) is 17.3. The van der Waals surface area contributed by atoms with Crippen LogP contribution >= 0.6 is 0 Å². The van der Waals surface area contributed by atoms with Crippen molar-refractivity contribution in [2.75, 3.05) is 39.9 Å². The highest BCUT2D eigenvalue weighted by Crippen LogP contribution is 2.41. The zero-order chi connectivity index (χ0) is 36.9. The van der Waals surface area contributed by atoms with E-state index < -0.39 is 17.8 Å². The van der Waals surface area contributed by atoms with Gasteiger partial charge in [-0.2, -0.15) is 0 Å². The second kappa shape index (κ2) is 13.5. The number of methoxy groups -OCH3 is 1. The van der Waals surface area contributed by atoms with Crippen molar-refractivity contribution in [1.82, 2.24) is 30.0 Å². The molecular weight excluding hydrogens is 687 g/mol. The molecule has 15 heteroatoms. The number of likely N-dealkylation sites (tertiary alicyclic amines) is 2. The number of fused-ring (bicyclic) bond motifs is 2. The van der Waals surface area contributed by atoms with E-state index >= 15 is 0 Å². The highest BCUT2D eigenvalue weighted by Gasteiger charge is 2.54. The molecule has 1 spiro atoms. The van der Waals surface area contributed by atoms with E-state index in [0.717, 1.165) is 0 Å². The van der Waals surface area contributed by atoms with Gasteiger partial charge in [-0.1, -0.05) is 12.1 Å². The van der Waals surface area contributed by atoms with E-state index in [0.29, 0.717) is 78.1 Å². The summed E-state index contributed by atoms with van der Waals surface area (Å²) in [6, 6.07) is 13.7. The normalized spacial score (nSPS) is 18.7. The van der Waals surface area contributed by atoms with Crippen LogP contribution < -0.4 is 19.5 Å². The maximum atomic E-state index is 14.2. The van der Waals surface area contributed by atoms with Crippen molar-refractivity contribution in [3.05, 3.63) is 83.4 Å². The zero-order valence-electron chi connectivity index (χ0n) is 28.8.